The third-order valence-corrected chi connectivity index (χ3v) is 2.12. The predicted octanol–water partition coefficient (Wildman–Crippen LogP) is 3.25. The highest BCUT2D eigenvalue weighted by Crippen LogP contribution is 2.06. The van der Waals surface area contributed by atoms with Gasteiger partial charge in [0.2, 0.25) is 0 Å². The van der Waals surface area contributed by atoms with Gasteiger partial charge in [0.15, 0.2) is 0 Å². The van der Waals surface area contributed by atoms with E-state index in [4.69, 9.17) is 0 Å². The van der Waals surface area contributed by atoms with Crippen molar-refractivity contribution in [2.24, 2.45) is 0 Å². The molecule has 0 atom stereocenters. The fraction of sp³-hybridized carbons (Fsp3) is 0. The molecule has 0 aliphatic rings. The van der Waals surface area contributed by atoms with Gasteiger partial charge in [-0.3, -0.25) is 0 Å². The lowest BCUT2D eigenvalue weighted by Gasteiger charge is -2.04. The van der Waals surface area contributed by atoms with E-state index in [-0.39, 0.29) is 0 Å². The molecule has 0 aliphatic heterocycles. The van der Waals surface area contributed by atoms with Crippen molar-refractivity contribution in [2.75, 3.05) is 0 Å². The van der Waals surface area contributed by atoms with Crippen molar-refractivity contribution in [3.63, 3.8) is 0 Å². The molecular formula is C14H14BF. The number of hydrogen-bond acceptors (Lipinski definition) is 0. The SMILES string of the molecule is C=C/C=C\C(=C/C=C)B(F)c1ccccc1. The molecule has 0 fully saturated rings. The molecule has 0 N–H and O–H groups in total. The highest BCUT2D eigenvalue weighted by Gasteiger charge is 2.19. The van der Waals surface area contributed by atoms with Crippen LogP contribution >= 0.6 is 0 Å². The predicted molar refractivity (Wildman–Crippen MR) is 70.6 cm³/mol. The molecule has 0 bridgehead atoms. The Kier molecular flexibility index (Phi) is 5.07. The van der Waals surface area contributed by atoms with Gasteiger partial charge < -0.3 is 4.32 Å². The van der Waals surface area contributed by atoms with Crippen LogP contribution in [-0.4, -0.2) is 6.99 Å². The zero-order chi connectivity index (χ0) is 11.8. The quantitative estimate of drug-likeness (QED) is 0.519. The van der Waals surface area contributed by atoms with Crippen molar-refractivity contribution in [2.45, 2.75) is 0 Å². The third kappa shape index (κ3) is 3.39. The van der Waals surface area contributed by atoms with Crippen LogP contribution in [0.3, 0.4) is 0 Å². The van der Waals surface area contributed by atoms with Gasteiger partial charge in [-0.1, -0.05) is 73.9 Å². The second kappa shape index (κ2) is 6.62. The summed E-state index contributed by atoms with van der Waals surface area (Å²) < 4.78 is 14.1. The average molecular weight is 212 g/mol. The summed E-state index contributed by atoms with van der Waals surface area (Å²) in [6, 6.07) is 9.05. The molecule has 16 heavy (non-hydrogen) atoms. The van der Waals surface area contributed by atoms with Gasteiger partial charge in [0.05, 0.1) is 0 Å². The van der Waals surface area contributed by atoms with Gasteiger partial charge in [-0.2, -0.15) is 0 Å². The topological polar surface area (TPSA) is 0 Å². The summed E-state index contributed by atoms with van der Waals surface area (Å²) in [5.41, 5.74) is 1.21. The van der Waals surface area contributed by atoms with Crippen LogP contribution in [0, 0.1) is 0 Å². The summed E-state index contributed by atoms with van der Waals surface area (Å²) in [5, 5.41) is 0. The number of rotatable bonds is 5. The second-order valence-electron chi connectivity index (χ2n) is 3.27. The standard InChI is InChI=1S/C14H14BF/c1-3-5-10-13(9-4-2)15(16)14-11-7-6-8-12-14/h3-12H,1-2H2/b10-5-,13-9+. The van der Waals surface area contributed by atoms with Gasteiger partial charge in [0, 0.05) is 0 Å². The summed E-state index contributed by atoms with van der Waals surface area (Å²) >= 11 is 0. The normalized spacial score (nSPS) is 11.4. The molecule has 0 heterocycles. The monoisotopic (exact) mass is 212 g/mol. The Morgan fingerprint density at radius 3 is 2.38 bits per heavy atom. The van der Waals surface area contributed by atoms with Gasteiger partial charge in [-0.05, 0) is 10.9 Å². The zero-order valence-corrected chi connectivity index (χ0v) is 9.14. The van der Waals surface area contributed by atoms with Crippen molar-refractivity contribution in [1.29, 1.82) is 0 Å². The van der Waals surface area contributed by atoms with Gasteiger partial charge in [0.25, 0.3) is 0 Å². The smallest absolute Gasteiger partial charge is 0.322 e. The van der Waals surface area contributed by atoms with Crippen LogP contribution < -0.4 is 5.46 Å². The average Bonchev–Trinajstić information content (AvgIpc) is 2.35. The largest absolute Gasteiger partial charge is 0.413 e. The number of benzene rings is 1. The Morgan fingerprint density at radius 2 is 1.81 bits per heavy atom. The van der Waals surface area contributed by atoms with Crippen molar-refractivity contribution in [3.8, 4) is 0 Å². The fourth-order valence-corrected chi connectivity index (χ4v) is 1.35. The third-order valence-electron chi connectivity index (χ3n) is 2.12. The fourth-order valence-electron chi connectivity index (χ4n) is 1.35. The maximum Gasteiger partial charge on any atom is 0.413 e. The number of hydrogen-bond donors (Lipinski definition) is 0. The molecule has 1 aromatic carbocycles. The first kappa shape index (κ1) is 12.2. The Morgan fingerprint density at radius 1 is 1.12 bits per heavy atom. The molecule has 1 aromatic rings. The van der Waals surface area contributed by atoms with Crippen molar-refractivity contribution < 1.29 is 4.32 Å². The van der Waals surface area contributed by atoms with E-state index in [1.165, 1.54) is 0 Å². The van der Waals surface area contributed by atoms with Crippen molar-refractivity contribution in [1.82, 2.24) is 0 Å². The maximum absolute atomic E-state index is 14.1. The van der Waals surface area contributed by atoms with Crippen molar-refractivity contribution >= 4 is 12.5 Å². The lowest BCUT2D eigenvalue weighted by molar-refractivity contribution is 0.859. The second-order valence-corrected chi connectivity index (χ2v) is 3.27. The van der Waals surface area contributed by atoms with E-state index in [9.17, 15) is 4.32 Å². The van der Waals surface area contributed by atoms with Gasteiger partial charge in [0.1, 0.15) is 0 Å². The molecular weight excluding hydrogens is 198 g/mol. The molecule has 0 saturated heterocycles. The number of halogens is 1. The molecule has 0 radical (unpaired) electrons. The van der Waals surface area contributed by atoms with E-state index in [1.807, 2.05) is 18.2 Å². The summed E-state index contributed by atoms with van der Waals surface area (Å²) in [4.78, 5) is 0. The zero-order valence-electron chi connectivity index (χ0n) is 9.14. The Labute approximate surface area is 96.6 Å². The minimum atomic E-state index is -1.13. The van der Waals surface area contributed by atoms with Gasteiger partial charge >= 0.3 is 6.99 Å². The summed E-state index contributed by atoms with van der Waals surface area (Å²) in [5.74, 6) is 0. The first-order valence-corrected chi connectivity index (χ1v) is 5.10. The molecule has 0 spiro atoms. The molecule has 2 heteroatoms. The lowest BCUT2D eigenvalue weighted by atomic mass is 9.57. The van der Waals surface area contributed by atoms with E-state index in [1.54, 1.807) is 42.5 Å². The van der Waals surface area contributed by atoms with Crippen LogP contribution in [0.2, 0.25) is 0 Å². The minimum absolute atomic E-state index is 0.570. The molecule has 0 aromatic heterocycles. The first-order valence-electron chi connectivity index (χ1n) is 5.10. The molecule has 0 aliphatic carbocycles. The first-order chi connectivity index (χ1) is 7.79. The molecule has 1 rings (SSSR count). The van der Waals surface area contributed by atoms with Crippen LogP contribution in [-0.2, 0) is 0 Å². The summed E-state index contributed by atoms with van der Waals surface area (Å²) in [6.07, 6.45) is 8.28. The van der Waals surface area contributed by atoms with E-state index < -0.39 is 6.99 Å². The molecule has 0 unspecified atom stereocenters. The highest BCUT2D eigenvalue weighted by atomic mass is 19.1. The van der Waals surface area contributed by atoms with Crippen LogP contribution in [0.4, 0.5) is 4.32 Å². The molecule has 0 nitrogen and oxygen atoms in total. The summed E-state index contributed by atoms with van der Waals surface area (Å²) in [7, 11) is 0. The lowest BCUT2D eigenvalue weighted by Crippen LogP contribution is -2.27. The van der Waals surface area contributed by atoms with E-state index in [0.717, 1.165) is 0 Å². The summed E-state index contributed by atoms with van der Waals surface area (Å²) in [6.45, 7) is 6.02. The molecule has 0 amide bonds. The molecule has 0 saturated carbocycles. The number of allylic oxidation sites excluding steroid dienone is 6. The van der Waals surface area contributed by atoms with Crippen molar-refractivity contribution in [3.05, 3.63) is 79.3 Å². The molecule has 80 valence electrons. The van der Waals surface area contributed by atoms with E-state index in [2.05, 4.69) is 13.2 Å². The van der Waals surface area contributed by atoms with E-state index >= 15 is 0 Å². The van der Waals surface area contributed by atoms with Crippen LogP contribution in [0.5, 0.6) is 0 Å². The van der Waals surface area contributed by atoms with Gasteiger partial charge in [-0.15, -0.1) is 0 Å². The van der Waals surface area contributed by atoms with Crippen LogP contribution in [0.25, 0.3) is 0 Å². The van der Waals surface area contributed by atoms with Crippen LogP contribution in [0.15, 0.2) is 79.3 Å². The minimum Gasteiger partial charge on any atom is -0.322 e. The highest BCUT2D eigenvalue weighted by molar-refractivity contribution is 6.74. The Hall–Kier alpha value is -1.83. The maximum atomic E-state index is 14.1. The van der Waals surface area contributed by atoms with E-state index in [0.29, 0.717) is 10.9 Å². The Bertz CT molecular complexity index is 404. The van der Waals surface area contributed by atoms with Gasteiger partial charge in [-0.25, -0.2) is 0 Å². The Balaban J connectivity index is 2.96. The van der Waals surface area contributed by atoms with Crippen LogP contribution in [0.1, 0.15) is 0 Å².